The summed E-state index contributed by atoms with van der Waals surface area (Å²) in [6.07, 6.45) is 0. The van der Waals surface area contributed by atoms with E-state index in [4.69, 9.17) is 5.14 Å². The first-order chi connectivity index (χ1) is 10.2. The zero-order valence-corrected chi connectivity index (χ0v) is 11.6. The number of benzene rings is 1. The Bertz CT molecular complexity index is 784. The molecule has 2 aromatic rings. The van der Waals surface area contributed by atoms with Crippen molar-refractivity contribution in [1.82, 2.24) is 4.98 Å². The minimum atomic E-state index is -3.86. The molecule has 0 saturated carbocycles. The lowest BCUT2D eigenvalue weighted by Gasteiger charge is -2.09. The molecule has 0 fully saturated rings. The average Bonchev–Trinajstić information content (AvgIpc) is 2.45. The van der Waals surface area contributed by atoms with Gasteiger partial charge in [-0.1, -0.05) is 12.1 Å². The molecule has 0 aliphatic heterocycles. The first kappa shape index (κ1) is 16.2. The van der Waals surface area contributed by atoms with Gasteiger partial charge in [-0.05, 0) is 17.7 Å². The third kappa shape index (κ3) is 3.34. The van der Waals surface area contributed by atoms with Crippen LogP contribution < -0.4 is 10.5 Å². The van der Waals surface area contributed by atoms with E-state index in [0.29, 0.717) is 5.56 Å². The summed E-state index contributed by atoms with van der Waals surface area (Å²) >= 11 is 0. The fourth-order valence-electron chi connectivity index (χ4n) is 1.63. The van der Waals surface area contributed by atoms with Crippen LogP contribution in [-0.4, -0.2) is 13.4 Å². The van der Waals surface area contributed by atoms with E-state index >= 15 is 0 Å². The highest BCUT2D eigenvalue weighted by atomic mass is 32.2. The third-order valence-corrected chi connectivity index (χ3v) is 3.65. The van der Waals surface area contributed by atoms with Crippen LogP contribution in [0.3, 0.4) is 0 Å². The first-order valence-electron chi connectivity index (χ1n) is 5.75. The second-order valence-corrected chi connectivity index (χ2v) is 5.80. The van der Waals surface area contributed by atoms with Crippen molar-refractivity contribution in [1.29, 1.82) is 0 Å². The number of halogens is 4. The zero-order valence-electron chi connectivity index (χ0n) is 10.8. The van der Waals surface area contributed by atoms with E-state index in [-0.39, 0.29) is 11.4 Å². The van der Waals surface area contributed by atoms with E-state index < -0.39 is 39.2 Å². The fraction of sp³-hybridized carbons (Fsp3) is 0.0833. The summed E-state index contributed by atoms with van der Waals surface area (Å²) in [5.41, 5.74) is -0.593. The van der Waals surface area contributed by atoms with Crippen LogP contribution in [0, 0.1) is 23.5 Å². The molecule has 5 nitrogen and oxygen atoms in total. The summed E-state index contributed by atoms with van der Waals surface area (Å²) in [5.74, 6) is -6.85. The molecule has 10 heteroatoms. The van der Waals surface area contributed by atoms with Crippen molar-refractivity contribution in [3.63, 3.8) is 0 Å². The molecule has 0 unspecified atom stereocenters. The highest BCUT2D eigenvalue weighted by molar-refractivity contribution is 7.89. The molecule has 1 heterocycles. The lowest BCUT2D eigenvalue weighted by atomic mass is 10.2. The monoisotopic (exact) mass is 335 g/mol. The minimum Gasteiger partial charge on any atom is -0.376 e. The third-order valence-electron chi connectivity index (χ3n) is 2.72. The molecule has 0 spiro atoms. The Morgan fingerprint density at radius 2 is 1.50 bits per heavy atom. The van der Waals surface area contributed by atoms with Gasteiger partial charge in [0.05, 0.1) is 4.90 Å². The highest BCUT2D eigenvalue weighted by Crippen LogP contribution is 2.22. The number of nitrogens with two attached hydrogens (primary N) is 1. The van der Waals surface area contributed by atoms with Crippen LogP contribution in [0.5, 0.6) is 0 Å². The second-order valence-electron chi connectivity index (χ2n) is 4.24. The second kappa shape index (κ2) is 5.89. The van der Waals surface area contributed by atoms with Crippen LogP contribution in [0.2, 0.25) is 0 Å². The summed E-state index contributed by atoms with van der Waals surface area (Å²) in [5, 5.41) is 7.10. The fourth-order valence-corrected chi connectivity index (χ4v) is 2.15. The van der Waals surface area contributed by atoms with Gasteiger partial charge >= 0.3 is 0 Å². The van der Waals surface area contributed by atoms with Crippen molar-refractivity contribution in [2.24, 2.45) is 5.14 Å². The Balaban J connectivity index is 2.21. The number of anilines is 1. The molecule has 0 saturated heterocycles. The van der Waals surface area contributed by atoms with Gasteiger partial charge in [0, 0.05) is 6.54 Å². The number of nitrogens with zero attached hydrogens (tertiary/aromatic N) is 1. The van der Waals surface area contributed by atoms with Gasteiger partial charge in [0.1, 0.15) is 5.69 Å². The summed E-state index contributed by atoms with van der Waals surface area (Å²) < 4.78 is 74.7. The van der Waals surface area contributed by atoms with E-state index in [0.717, 1.165) is 0 Å². The maximum atomic E-state index is 13.4. The van der Waals surface area contributed by atoms with Crippen molar-refractivity contribution >= 4 is 15.7 Å². The number of sulfonamides is 1. The molecule has 0 aliphatic carbocycles. The van der Waals surface area contributed by atoms with E-state index in [1.165, 1.54) is 24.3 Å². The molecule has 0 bridgehead atoms. The molecule has 0 atom stereocenters. The maximum absolute atomic E-state index is 13.4. The molecular formula is C12H9F4N3O2S. The molecule has 1 aromatic carbocycles. The summed E-state index contributed by atoms with van der Waals surface area (Å²) in [6, 6.07) is 5.03. The van der Waals surface area contributed by atoms with Gasteiger partial charge < -0.3 is 5.32 Å². The predicted molar refractivity (Wildman–Crippen MR) is 69.2 cm³/mol. The first-order valence-corrected chi connectivity index (χ1v) is 7.30. The van der Waals surface area contributed by atoms with Crippen molar-refractivity contribution in [2.45, 2.75) is 11.4 Å². The molecule has 22 heavy (non-hydrogen) atoms. The smallest absolute Gasteiger partial charge is 0.253 e. The van der Waals surface area contributed by atoms with Crippen molar-refractivity contribution in [3.8, 4) is 0 Å². The summed E-state index contributed by atoms with van der Waals surface area (Å²) in [7, 11) is -3.86. The van der Waals surface area contributed by atoms with Crippen LogP contribution >= 0.6 is 0 Å². The number of pyridine rings is 1. The number of primary sulfonamides is 1. The summed E-state index contributed by atoms with van der Waals surface area (Å²) in [6.45, 7) is -0.207. The quantitative estimate of drug-likeness (QED) is 0.660. The molecule has 0 aliphatic rings. The number of hydrogen-bond donors (Lipinski definition) is 2. The Labute approximate surface area is 122 Å². The number of hydrogen-bond acceptors (Lipinski definition) is 4. The maximum Gasteiger partial charge on any atom is 0.253 e. The lowest BCUT2D eigenvalue weighted by Crippen LogP contribution is -2.12. The van der Waals surface area contributed by atoms with Crippen LogP contribution in [0.1, 0.15) is 5.56 Å². The van der Waals surface area contributed by atoms with E-state index in [1.54, 1.807) is 0 Å². The van der Waals surface area contributed by atoms with Crippen molar-refractivity contribution in [2.75, 3.05) is 5.32 Å². The molecule has 118 valence electrons. The van der Waals surface area contributed by atoms with Gasteiger partial charge in [-0.15, -0.1) is 0 Å². The normalized spacial score (nSPS) is 11.5. The lowest BCUT2D eigenvalue weighted by molar-refractivity contribution is 0.410. The Morgan fingerprint density at radius 1 is 1.00 bits per heavy atom. The van der Waals surface area contributed by atoms with Gasteiger partial charge in [-0.25, -0.2) is 13.6 Å². The number of rotatable bonds is 4. The Hall–Kier alpha value is -2.20. The van der Waals surface area contributed by atoms with Crippen LogP contribution in [0.4, 0.5) is 23.2 Å². The van der Waals surface area contributed by atoms with Crippen LogP contribution in [0.25, 0.3) is 0 Å². The van der Waals surface area contributed by atoms with Crippen molar-refractivity contribution < 1.29 is 26.0 Å². The van der Waals surface area contributed by atoms with E-state index in [1.807, 2.05) is 0 Å². The SMILES string of the molecule is NS(=O)(=O)c1ccc(CNc2c(F)c(F)nc(F)c2F)cc1. The molecular weight excluding hydrogens is 326 g/mol. The Morgan fingerprint density at radius 3 is 1.95 bits per heavy atom. The van der Waals surface area contributed by atoms with Crippen molar-refractivity contribution in [3.05, 3.63) is 53.4 Å². The highest BCUT2D eigenvalue weighted by Gasteiger charge is 2.20. The van der Waals surface area contributed by atoms with Crippen LogP contribution in [0.15, 0.2) is 29.2 Å². The standard InChI is InChI=1S/C12H9F4N3O2S/c13-8-10(9(14)12(16)19-11(8)15)18-5-6-1-3-7(4-2-6)22(17,20)21/h1-4H,5H2,(H,18,19)(H2,17,20,21). The predicted octanol–water partition coefficient (Wildman–Crippen LogP) is 1.90. The zero-order chi connectivity index (χ0) is 16.5. The molecule has 0 amide bonds. The van der Waals surface area contributed by atoms with Crippen LogP contribution in [-0.2, 0) is 16.6 Å². The molecule has 1 aromatic heterocycles. The van der Waals surface area contributed by atoms with Gasteiger partial charge in [0.15, 0.2) is 0 Å². The van der Waals surface area contributed by atoms with Gasteiger partial charge in [-0.3, -0.25) is 0 Å². The van der Waals surface area contributed by atoms with Gasteiger partial charge in [0.2, 0.25) is 21.7 Å². The minimum absolute atomic E-state index is 0.144. The Kier molecular flexibility index (Phi) is 4.33. The largest absolute Gasteiger partial charge is 0.376 e. The number of aromatic nitrogens is 1. The average molecular weight is 335 g/mol. The molecule has 3 N–H and O–H groups in total. The number of nitrogens with one attached hydrogen (secondary N) is 1. The van der Waals surface area contributed by atoms with E-state index in [9.17, 15) is 26.0 Å². The van der Waals surface area contributed by atoms with Gasteiger partial charge in [-0.2, -0.15) is 22.5 Å². The summed E-state index contributed by atoms with van der Waals surface area (Å²) in [4.78, 5) is 2.28. The molecule has 2 rings (SSSR count). The van der Waals surface area contributed by atoms with E-state index in [2.05, 4.69) is 10.3 Å². The topological polar surface area (TPSA) is 85.1 Å². The molecule has 0 radical (unpaired) electrons. The van der Waals surface area contributed by atoms with Gasteiger partial charge in [0.25, 0.3) is 11.9 Å².